The number of nitrogens with two attached hydrogens (primary N) is 2. The van der Waals surface area contributed by atoms with Gasteiger partial charge >= 0.3 is 130 Å². The number of unbranched alkanes of at least 4 members (excludes halogenated alkanes) is 3. The van der Waals surface area contributed by atoms with Crippen molar-refractivity contribution in [3.05, 3.63) is 182 Å². The molecule has 0 aliphatic rings. The van der Waals surface area contributed by atoms with Crippen LogP contribution in [0.1, 0.15) is 91.0 Å². The molecule has 8 heterocycles. The van der Waals surface area contributed by atoms with Crippen LogP contribution < -0.4 is 15.2 Å². The molecule has 11 rings (SSSR count). The van der Waals surface area contributed by atoms with Crippen molar-refractivity contribution in [3.8, 4) is 22.5 Å². The predicted molar refractivity (Wildman–Crippen MR) is 364 cm³/mol. The quantitative estimate of drug-likeness (QED) is 0.0536. The van der Waals surface area contributed by atoms with Gasteiger partial charge in [0.1, 0.15) is 17.4 Å². The summed E-state index contributed by atoms with van der Waals surface area (Å²) < 4.78 is 16.9. The van der Waals surface area contributed by atoms with Crippen LogP contribution in [0.5, 0.6) is 0 Å². The fourth-order valence-electron chi connectivity index (χ4n) is 10.1. The van der Waals surface area contributed by atoms with Crippen LogP contribution >= 0.6 is 15.9 Å². The van der Waals surface area contributed by atoms with Crippen LogP contribution in [0.25, 0.3) is 54.8 Å². The molecule has 467 valence electrons. The third-order valence-corrected chi connectivity index (χ3v) is 30.7. The van der Waals surface area contributed by atoms with Crippen molar-refractivity contribution >= 4 is 93.7 Å². The molecule has 0 spiro atoms. The summed E-state index contributed by atoms with van der Waals surface area (Å²) in [4.78, 5) is 47.7. The van der Waals surface area contributed by atoms with Gasteiger partial charge in [-0.3, -0.25) is 23.9 Å². The topological polar surface area (TPSA) is 234 Å². The average molecular weight is 1400 g/mol. The van der Waals surface area contributed by atoms with Crippen molar-refractivity contribution in [2.24, 2.45) is 35.2 Å². The number of aromatic nitrogens is 13. The van der Waals surface area contributed by atoms with Crippen molar-refractivity contribution in [1.82, 2.24) is 63.2 Å². The van der Waals surface area contributed by atoms with E-state index in [-0.39, 0.29) is 53.0 Å². The van der Waals surface area contributed by atoms with Gasteiger partial charge in [-0.05, 0) is 64.2 Å². The van der Waals surface area contributed by atoms with Gasteiger partial charge in [-0.1, -0.05) is 61.1 Å². The number of carboxylic acid groups (broad SMARTS) is 1. The molecule has 0 amide bonds. The monoisotopic (exact) mass is 1400 g/mol. The summed E-state index contributed by atoms with van der Waals surface area (Å²) in [5, 5.41) is 22.8. The van der Waals surface area contributed by atoms with E-state index in [1.165, 1.54) is 51.8 Å². The smallest absolute Gasteiger partial charge is 0.307 e. The molecule has 0 saturated carbocycles. The van der Waals surface area contributed by atoms with E-state index in [0.717, 1.165) is 76.1 Å². The van der Waals surface area contributed by atoms with Crippen LogP contribution in [0.3, 0.4) is 0 Å². The number of nitrogen functional groups attached to an aromatic ring is 2. The van der Waals surface area contributed by atoms with E-state index in [9.17, 15) is 9.59 Å². The Balaban J connectivity index is 0.000000295. The molecule has 0 unspecified atom stereocenters. The Kier molecular flexibility index (Phi) is 31.2. The van der Waals surface area contributed by atoms with E-state index in [1.54, 1.807) is 63.8 Å². The minimum absolute atomic E-state index is 0. The largest absolute Gasteiger partial charge is 0.481 e. The predicted octanol–water partition coefficient (Wildman–Crippen LogP) is 13.8. The Morgan fingerprint density at radius 1 is 0.523 bits per heavy atom. The Morgan fingerprint density at radius 2 is 0.955 bits per heavy atom. The molecule has 0 bridgehead atoms. The van der Waals surface area contributed by atoms with Gasteiger partial charge in [0.05, 0.1) is 55.3 Å². The summed E-state index contributed by atoms with van der Waals surface area (Å²) in [6.07, 6.45) is 32.8. The molecule has 5 N–H and O–H groups in total. The molecule has 8 aromatic heterocycles. The first-order valence-corrected chi connectivity index (χ1v) is 36.7. The van der Waals surface area contributed by atoms with Gasteiger partial charge in [0, 0.05) is 134 Å². The molecule has 1 radical (unpaired) electrons. The zero-order valence-electron chi connectivity index (χ0n) is 51.0. The number of carbonyl (C=O) groups is 2. The van der Waals surface area contributed by atoms with Crippen molar-refractivity contribution < 1.29 is 33.3 Å². The van der Waals surface area contributed by atoms with Gasteiger partial charge < -0.3 is 33.1 Å². The van der Waals surface area contributed by atoms with Gasteiger partial charge in [-0.25, -0.2) is 19.9 Å². The number of nitrogens with zero attached hydrogens (tertiary/aromatic N) is 13. The summed E-state index contributed by atoms with van der Waals surface area (Å²) in [6, 6.07) is 24.2. The van der Waals surface area contributed by atoms with Crippen molar-refractivity contribution in [3.63, 3.8) is 0 Å². The molecule has 0 aliphatic carbocycles. The number of benzene rings is 3. The summed E-state index contributed by atoms with van der Waals surface area (Å²) in [5.41, 5.74) is 18.0. The van der Waals surface area contributed by atoms with Gasteiger partial charge in [-0.15, -0.1) is 0 Å². The molecular formula is C67H89BrN15O3SnV-. The number of aryl methyl sites for hydroxylation is 5. The average Bonchev–Trinajstić information content (AvgIpc) is 2.71. The third kappa shape index (κ3) is 21.7. The normalized spacial score (nSPS) is 10.5. The first-order chi connectivity index (χ1) is 40.5. The zero-order valence-corrected chi connectivity index (χ0v) is 56.8. The van der Waals surface area contributed by atoms with Crippen LogP contribution in [0.4, 0.5) is 11.6 Å². The second-order valence-electron chi connectivity index (χ2n) is 21.3. The van der Waals surface area contributed by atoms with E-state index < -0.39 is 24.3 Å². The van der Waals surface area contributed by atoms with Gasteiger partial charge in [0.25, 0.3) is 0 Å². The fourth-order valence-corrected chi connectivity index (χ4v) is 27.0. The second-order valence-corrected chi connectivity index (χ2v) is 35.2. The molecular weight excluding hydrogens is 1310 g/mol. The molecule has 0 aliphatic heterocycles. The fraction of sp³-hybridized carbons (Fsp3) is 0.328. The molecule has 0 saturated heterocycles. The first-order valence-electron chi connectivity index (χ1n) is 28.4. The number of carboxylic acids is 1. The van der Waals surface area contributed by atoms with E-state index in [0.29, 0.717) is 24.5 Å². The Labute approximate surface area is 544 Å². The second kappa shape index (κ2) is 36.8. The number of ketones is 1. The molecule has 0 atom stereocenters. The number of hydrogen-bond donors (Lipinski definition) is 3. The molecule has 11 aromatic rings. The minimum atomic E-state index is -2.19. The first kappa shape index (κ1) is 74.8. The number of hydrogen-bond acceptors (Lipinski definition) is 12. The molecule has 0 fully saturated rings. The molecule has 18 nitrogen and oxygen atoms in total. The minimum Gasteiger partial charge on any atom is -0.481 e. The van der Waals surface area contributed by atoms with E-state index in [4.69, 9.17) is 16.6 Å². The van der Waals surface area contributed by atoms with Crippen LogP contribution in [0.2, 0.25) is 13.3 Å². The van der Waals surface area contributed by atoms with E-state index in [1.807, 2.05) is 110 Å². The Bertz CT molecular complexity index is 3850. The maximum atomic E-state index is 12.3. The van der Waals surface area contributed by atoms with E-state index >= 15 is 0 Å². The summed E-state index contributed by atoms with van der Waals surface area (Å²) in [6.45, 7) is 7.00. The van der Waals surface area contributed by atoms with Crippen molar-refractivity contribution in [2.45, 2.75) is 107 Å². The van der Waals surface area contributed by atoms with Crippen LogP contribution in [0.15, 0.2) is 158 Å². The van der Waals surface area contributed by atoms with Gasteiger partial charge in [-0.2, -0.15) is 10.2 Å². The number of pyridine rings is 3. The van der Waals surface area contributed by atoms with Gasteiger partial charge in [0.2, 0.25) is 0 Å². The summed E-state index contributed by atoms with van der Waals surface area (Å²) >= 11 is 1.20. The number of aliphatic carboxylic acids is 1. The van der Waals surface area contributed by atoms with E-state index in [2.05, 4.69) is 119 Å². The molecule has 21 heteroatoms. The van der Waals surface area contributed by atoms with Gasteiger partial charge in [0.15, 0.2) is 0 Å². The SMILES string of the molecule is C.C.CCC[CH2][Sn]([CH2]CCC)([CH2]CCC)[c]1cncn1C.Cn1cc(CC(=O)Cc2cc3cc(-c4cncn4C)ccc3cn2)cn1.Cn1cc(CC(=O)O)cn1.Cn1cncc1-c1ccc2cnc(N)cc2c1.Nc1cc2cc(Br)ccc2cn1.[CH3-].[V]. The number of carbonyl (C=O) groups excluding carboxylic acids is 1. The number of Topliss-reactive ketones (excluding diaryl/α,β-unsaturated/α-hetero) is 1. The van der Waals surface area contributed by atoms with Crippen LogP contribution in [-0.2, 0) is 82.6 Å². The summed E-state index contributed by atoms with van der Waals surface area (Å²) in [5.74, 6) is 0.404. The summed E-state index contributed by atoms with van der Waals surface area (Å²) in [7, 11) is 9.76. The number of fused-ring (bicyclic) bond motifs is 3. The Morgan fingerprint density at radius 3 is 1.38 bits per heavy atom. The Hall–Kier alpha value is -7.46. The number of halogens is 1. The van der Waals surface area contributed by atoms with Crippen molar-refractivity contribution in [1.29, 1.82) is 0 Å². The molecule has 3 aromatic carbocycles. The maximum Gasteiger partial charge on any atom is 0.307 e. The maximum absolute atomic E-state index is 12.3. The standard InChI is InChI=1S/C20H19N5O.C13H12N4.C9H7BrN2.C6H8N2O2.C4H5N2.3C4H9.2CH4.CH3.Sn.V/c1-24-13-21-11-20(24)15-3-4-16-10-22-18(7-17(16)6-15)8-19(26)5-14-9-23-25(2)12-14;1-17-8-15-7-12(17)9-2-3-10-6-16-13(14)5-11(10)4-9;10-8-2-1-6-5-12-9(11)4-7(6)3-8;1-8-4-5(3-7-8)2-6(9)10;1-6-3-2-5-4-6;3*1-3-4-2;;;;;/h3-4,6-7,9-13H,5,8H2,1-2H3;2-8H,1H3,(H2,14,16);1-5H,(H2,11,12);3-4H,2H2,1H3,(H,9,10);2,4H,1H3;3*1,3-4H2,2H3;2*1H4;1H3;;/q;;;;;;;;;;-1;;. The van der Waals surface area contributed by atoms with Crippen LogP contribution in [0, 0.1) is 7.43 Å². The molecule has 88 heavy (non-hydrogen) atoms. The number of imidazole rings is 3. The third-order valence-electron chi connectivity index (χ3n) is 14.5. The number of anilines is 2. The number of rotatable bonds is 18. The van der Waals surface area contributed by atoms with Crippen molar-refractivity contribution in [2.75, 3.05) is 11.5 Å². The zero-order chi connectivity index (χ0) is 60.2. The van der Waals surface area contributed by atoms with Crippen LogP contribution in [-0.4, -0.2) is 98.4 Å².